The third-order valence-corrected chi connectivity index (χ3v) is 4.19. The van der Waals surface area contributed by atoms with E-state index in [9.17, 15) is 4.79 Å². The molecule has 3 aromatic heterocycles. The molecule has 1 aromatic carbocycles. The summed E-state index contributed by atoms with van der Waals surface area (Å²) in [6.07, 6.45) is 5.48. The number of carbonyl (C=O) groups is 1. The van der Waals surface area contributed by atoms with Gasteiger partial charge >= 0.3 is 0 Å². The molecule has 0 atom stereocenters. The minimum atomic E-state index is -0.181. The molecule has 0 aliphatic heterocycles. The highest BCUT2D eigenvalue weighted by molar-refractivity contribution is 6.02. The molecule has 0 unspecified atom stereocenters. The SMILES string of the molecule is O=C(Nc1ccn(Cc2ccccn2)n1)c1cccn1Cc1ccccc1. The van der Waals surface area contributed by atoms with Crippen LogP contribution in [-0.2, 0) is 13.1 Å². The lowest BCUT2D eigenvalue weighted by Crippen LogP contribution is -2.17. The summed E-state index contributed by atoms with van der Waals surface area (Å²) in [5.41, 5.74) is 2.65. The second kappa shape index (κ2) is 7.70. The first-order valence-electron chi connectivity index (χ1n) is 8.72. The van der Waals surface area contributed by atoms with E-state index in [1.807, 2.05) is 77.6 Å². The van der Waals surface area contributed by atoms with Crippen LogP contribution in [0.2, 0.25) is 0 Å². The van der Waals surface area contributed by atoms with E-state index in [0.717, 1.165) is 11.3 Å². The van der Waals surface area contributed by atoms with Gasteiger partial charge in [-0.3, -0.25) is 14.5 Å². The molecule has 6 heteroatoms. The number of aromatic nitrogens is 4. The van der Waals surface area contributed by atoms with Gasteiger partial charge in [-0.15, -0.1) is 0 Å². The molecule has 4 rings (SSSR count). The molecule has 1 amide bonds. The van der Waals surface area contributed by atoms with Crippen LogP contribution in [0.15, 0.2) is 85.3 Å². The zero-order chi connectivity index (χ0) is 18.5. The van der Waals surface area contributed by atoms with Crippen LogP contribution < -0.4 is 5.32 Å². The third-order valence-electron chi connectivity index (χ3n) is 4.19. The Morgan fingerprint density at radius 3 is 2.56 bits per heavy atom. The quantitative estimate of drug-likeness (QED) is 0.575. The van der Waals surface area contributed by atoms with Crippen LogP contribution in [0.1, 0.15) is 21.7 Å². The van der Waals surface area contributed by atoms with Gasteiger partial charge < -0.3 is 9.88 Å². The van der Waals surface area contributed by atoms with Crippen LogP contribution in [0.4, 0.5) is 5.82 Å². The molecular weight excluding hydrogens is 338 g/mol. The van der Waals surface area contributed by atoms with Crippen molar-refractivity contribution in [1.29, 1.82) is 0 Å². The normalized spacial score (nSPS) is 10.7. The van der Waals surface area contributed by atoms with Gasteiger partial charge in [0.05, 0.1) is 12.2 Å². The van der Waals surface area contributed by atoms with Crippen molar-refractivity contribution in [3.05, 3.63) is 102 Å². The maximum absolute atomic E-state index is 12.7. The van der Waals surface area contributed by atoms with E-state index in [-0.39, 0.29) is 5.91 Å². The number of rotatable bonds is 6. The smallest absolute Gasteiger partial charge is 0.273 e. The zero-order valence-electron chi connectivity index (χ0n) is 14.7. The number of nitrogens with zero attached hydrogens (tertiary/aromatic N) is 4. The maximum Gasteiger partial charge on any atom is 0.273 e. The highest BCUT2D eigenvalue weighted by Gasteiger charge is 2.13. The maximum atomic E-state index is 12.7. The molecule has 0 aliphatic rings. The van der Waals surface area contributed by atoms with Crippen molar-refractivity contribution in [2.24, 2.45) is 0 Å². The van der Waals surface area contributed by atoms with Crippen LogP contribution in [0.5, 0.6) is 0 Å². The van der Waals surface area contributed by atoms with E-state index < -0.39 is 0 Å². The van der Waals surface area contributed by atoms with E-state index >= 15 is 0 Å². The number of hydrogen-bond acceptors (Lipinski definition) is 3. The van der Waals surface area contributed by atoms with Crippen LogP contribution in [0.3, 0.4) is 0 Å². The highest BCUT2D eigenvalue weighted by Crippen LogP contribution is 2.11. The minimum Gasteiger partial charge on any atom is -0.339 e. The monoisotopic (exact) mass is 357 g/mol. The molecule has 0 saturated carbocycles. The molecule has 3 heterocycles. The van der Waals surface area contributed by atoms with Crippen molar-refractivity contribution in [3.8, 4) is 0 Å². The van der Waals surface area contributed by atoms with E-state index in [1.165, 1.54) is 0 Å². The lowest BCUT2D eigenvalue weighted by atomic mass is 10.2. The van der Waals surface area contributed by atoms with Gasteiger partial charge in [-0.1, -0.05) is 36.4 Å². The predicted molar refractivity (Wildman–Crippen MR) is 103 cm³/mol. The molecule has 0 fully saturated rings. The van der Waals surface area contributed by atoms with Crippen LogP contribution in [-0.4, -0.2) is 25.2 Å². The number of carbonyl (C=O) groups excluding carboxylic acids is 1. The fourth-order valence-electron chi connectivity index (χ4n) is 2.89. The molecule has 0 spiro atoms. The van der Waals surface area contributed by atoms with Crippen LogP contribution in [0.25, 0.3) is 0 Å². The lowest BCUT2D eigenvalue weighted by molar-refractivity contribution is 0.101. The van der Waals surface area contributed by atoms with E-state index in [1.54, 1.807) is 16.9 Å². The number of hydrogen-bond donors (Lipinski definition) is 1. The molecule has 0 saturated heterocycles. The molecule has 6 nitrogen and oxygen atoms in total. The Hall–Kier alpha value is -3.67. The van der Waals surface area contributed by atoms with Crippen LogP contribution in [0, 0.1) is 0 Å². The molecule has 4 aromatic rings. The van der Waals surface area contributed by atoms with Gasteiger partial charge in [0.1, 0.15) is 5.69 Å². The van der Waals surface area contributed by atoms with Gasteiger partial charge in [0.2, 0.25) is 0 Å². The van der Waals surface area contributed by atoms with Gasteiger partial charge in [-0.05, 0) is 29.8 Å². The Balaban J connectivity index is 1.44. The van der Waals surface area contributed by atoms with E-state index in [4.69, 9.17) is 0 Å². The Kier molecular flexibility index (Phi) is 4.78. The summed E-state index contributed by atoms with van der Waals surface area (Å²) >= 11 is 0. The van der Waals surface area contributed by atoms with Crippen molar-refractivity contribution in [2.75, 3.05) is 5.32 Å². The second-order valence-electron chi connectivity index (χ2n) is 6.18. The Labute approximate surface area is 157 Å². The molecular formula is C21H19N5O. The largest absolute Gasteiger partial charge is 0.339 e. The summed E-state index contributed by atoms with van der Waals surface area (Å²) in [5, 5.41) is 7.27. The molecule has 0 aliphatic carbocycles. The van der Waals surface area contributed by atoms with Crippen molar-refractivity contribution in [1.82, 2.24) is 19.3 Å². The Morgan fingerprint density at radius 1 is 0.889 bits per heavy atom. The summed E-state index contributed by atoms with van der Waals surface area (Å²) in [6, 6.07) is 21.3. The summed E-state index contributed by atoms with van der Waals surface area (Å²) in [7, 11) is 0. The van der Waals surface area contributed by atoms with Crippen molar-refractivity contribution >= 4 is 11.7 Å². The molecule has 0 radical (unpaired) electrons. The zero-order valence-corrected chi connectivity index (χ0v) is 14.7. The minimum absolute atomic E-state index is 0.181. The summed E-state index contributed by atoms with van der Waals surface area (Å²) in [6.45, 7) is 1.20. The van der Waals surface area contributed by atoms with Crippen molar-refractivity contribution in [2.45, 2.75) is 13.1 Å². The van der Waals surface area contributed by atoms with Gasteiger partial charge in [-0.2, -0.15) is 5.10 Å². The first-order valence-corrected chi connectivity index (χ1v) is 8.72. The molecule has 0 bridgehead atoms. The highest BCUT2D eigenvalue weighted by atomic mass is 16.2. The second-order valence-corrected chi connectivity index (χ2v) is 6.18. The number of anilines is 1. The average molecular weight is 357 g/mol. The Bertz CT molecular complexity index is 1020. The Morgan fingerprint density at radius 2 is 1.74 bits per heavy atom. The van der Waals surface area contributed by atoms with Crippen LogP contribution >= 0.6 is 0 Å². The van der Waals surface area contributed by atoms with Gasteiger partial charge in [0.25, 0.3) is 5.91 Å². The van der Waals surface area contributed by atoms with Gasteiger partial charge in [0.15, 0.2) is 5.82 Å². The van der Waals surface area contributed by atoms with Crippen molar-refractivity contribution < 1.29 is 4.79 Å². The predicted octanol–water partition coefficient (Wildman–Crippen LogP) is 3.43. The number of amides is 1. The lowest BCUT2D eigenvalue weighted by Gasteiger charge is -2.09. The summed E-state index contributed by atoms with van der Waals surface area (Å²) in [4.78, 5) is 16.9. The van der Waals surface area contributed by atoms with Crippen molar-refractivity contribution in [3.63, 3.8) is 0 Å². The fourth-order valence-corrected chi connectivity index (χ4v) is 2.89. The molecule has 134 valence electrons. The number of nitrogens with one attached hydrogen (secondary N) is 1. The first-order chi connectivity index (χ1) is 13.3. The fraction of sp³-hybridized carbons (Fsp3) is 0.0952. The standard InChI is InChI=1S/C21H19N5O/c27-21(19-10-6-13-25(19)15-17-7-2-1-3-8-17)23-20-11-14-26(24-20)16-18-9-4-5-12-22-18/h1-14H,15-16H2,(H,23,24,27). The topological polar surface area (TPSA) is 64.7 Å². The molecule has 27 heavy (non-hydrogen) atoms. The third kappa shape index (κ3) is 4.12. The number of benzene rings is 1. The number of pyridine rings is 1. The average Bonchev–Trinajstić information content (AvgIpc) is 3.33. The summed E-state index contributed by atoms with van der Waals surface area (Å²) in [5.74, 6) is 0.336. The van der Waals surface area contributed by atoms with E-state index in [2.05, 4.69) is 15.4 Å². The summed E-state index contributed by atoms with van der Waals surface area (Å²) < 4.78 is 3.68. The van der Waals surface area contributed by atoms with E-state index in [0.29, 0.717) is 24.6 Å². The molecule has 1 N–H and O–H groups in total. The van der Waals surface area contributed by atoms with Gasteiger partial charge in [0, 0.05) is 31.2 Å². The first kappa shape index (κ1) is 16.8. The van der Waals surface area contributed by atoms with Gasteiger partial charge in [-0.25, -0.2) is 0 Å².